The molecule has 1 heterocycles. The van der Waals surface area contributed by atoms with Crippen LogP contribution in [0.2, 0.25) is 0 Å². The first kappa shape index (κ1) is 24.0. The van der Waals surface area contributed by atoms with Gasteiger partial charge in [0.15, 0.2) is 5.96 Å². The van der Waals surface area contributed by atoms with Gasteiger partial charge in [0.1, 0.15) is 11.4 Å². The molecule has 0 aromatic heterocycles. The summed E-state index contributed by atoms with van der Waals surface area (Å²) in [4.78, 5) is 4.66. The predicted molar refractivity (Wildman–Crippen MR) is 120 cm³/mol. The lowest BCUT2D eigenvalue weighted by atomic mass is 9.94. The Hall–Kier alpha value is -1.06. The van der Waals surface area contributed by atoms with Crippen LogP contribution in [0.3, 0.4) is 0 Å². The fraction of sp³-hybridized carbons (Fsp3) is 0.650. The van der Waals surface area contributed by atoms with Gasteiger partial charge in [0.2, 0.25) is 0 Å². The van der Waals surface area contributed by atoms with Gasteiger partial charge in [-0.15, -0.1) is 24.0 Å². The molecule has 154 valence electrons. The van der Waals surface area contributed by atoms with E-state index >= 15 is 0 Å². The number of halogens is 1. The molecule has 0 aliphatic carbocycles. The molecule has 1 aromatic carbocycles. The number of guanidine groups is 1. The van der Waals surface area contributed by atoms with Crippen molar-refractivity contribution in [2.24, 2.45) is 4.99 Å². The highest BCUT2D eigenvalue weighted by Crippen LogP contribution is 2.23. The monoisotopic (exact) mass is 491 g/mol. The van der Waals surface area contributed by atoms with Gasteiger partial charge in [0, 0.05) is 44.7 Å². The average Bonchev–Trinajstić information content (AvgIpc) is 2.58. The quantitative estimate of drug-likeness (QED) is 0.324. The van der Waals surface area contributed by atoms with Crippen molar-refractivity contribution in [2.45, 2.75) is 58.3 Å². The van der Waals surface area contributed by atoms with Crippen molar-refractivity contribution in [1.82, 2.24) is 10.6 Å². The third-order valence-corrected chi connectivity index (χ3v) is 4.15. The van der Waals surface area contributed by atoms with Crippen LogP contribution in [-0.4, -0.2) is 48.6 Å². The summed E-state index contributed by atoms with van der Waals surface area (Å²) in [5.74, 6) is 1.54. The van der Waals surface area contributed by atoms with Crippen molar-refractivity contribution in [1.29, 1.82) is 0 Å². The van der Waals surface area contributed by atoms with E-state index in [1.165, 1.54) is 0 Å². The molecule has 1 saturated heterocycles. The highest BCUT2D eigenvalue weighted by molar-refractivity contribution is 14.0. The van der Waals surface area contributed by atoms with Crippen molar-refractivity contribution in [2.75, 3.05) is 26.3 Å². The molecule has 0 unspecified atom stereocenters. The molecule has 1 fully saturated rings. The predicted octanol–water partition coefficient (Wildman–Crippen LogP) is 3.08. The van der Waals surface area contributed by atoms with Gasteiger partial charge in [-0.3, -0.25) is 0 Å². The molecule has 1 aromatic rings. The summed E-state index contributed by atoms with van der Waals surface area (Å²) in [5, 5.41) is 17.1. The summed E-state index contributed by atoms with van der Waals surface area (Å²) in [5.41, 5.74) is 0.0424. The minimum atomic E-state index is -0.734. The average molecular weight is 491 g/mol. The van der Waals surface area contributed by atoms with Gasteiger partial charge in [0.25, 0.3) is 0 Å². The number of hydrogen-bond acceptors (Lipinski definition) is 4. The number of para-hydroxylation sites is 1. The Morgan fingerprint density at radius 2 is 1.89 bits per heavy atom. The molecule has 0 radical (unpaired) electrons. The number of aliphatic imine (C=N–C) groups is 1. The summed E-state index contributed by atoms with van der Waals surface area (Å²) >= 11 is 0. The molecule has 0 spiro atoms. The maximum atomic E-state index is 10.6. The SMILES string of the molecule is CCNC(=NCc1ccccc1OC(C)(C)C)NCC1(O)CCOCC1.I. The van der Waals surface area contributed by atoms with Crippen molar-refractivity contribution in [3.05, 3.63) is 29.8 Å². The van der Waals surface area contributed by atoms with Crippen molar-refractivity contribution in [3.63, 3.8) is 0 Å². The molecule has 0 bridgehead atoms. The third-order valence-electron chi connectivity index (χ3n) is 4.15. The van der Waals surface area contributed by atoms with E-state index in [1.807, 2.05) is 52.0 Å². The molecule has 3 N–H and O–H groups in total. The number of rotatable bonds is 6. The highest BCUT2D eigenvalue weighted by Gasteiger charge is 2.29. The summed E-state index contributed by atoms with van der Waals surface area (Å²) in [6, 6.07) is 7.96. The molecule has 0 saturated carbocycles. The number of nitrogens with one attached hydrogen (secondary N) is 2. The van der Waals surface area contributed by atoms with E-state index in [0.29, 0.717) is 45.1 Å². The molecule has 27 heavy (non-hydrogen) atoms. The maximum absolute atomic E-state index is 10.6. The second-order valence-electron chi connectivity index (χ2n) is 7.71. The van der Waals surface area contributed by atoms with Crippen LogP contribution in [0.5, 0.6) is 5.75 Å². The summed E-state index contributed by atoms with van der Waals surface area (Å²) < 4.78 is 11.4. The Kier molecular flexibility index (Phi) is 9.83. The topological polar surface area (TPSA) is 75.1 Å². The number of benzene rings is 1. The van der Waals surface area contributed by atoms with Gasteiger partial charge in [-0.25, -0.2) is 4.99 Å². The van der Waals surface area contributed by atoms with Gasteiger partial charge in [-0.05, 0) is 33.8 Å². The first-order chi connectivity index (χ1) is 12.3. The zero-order valence-corrected chi connectivity index (χ0v) is 19.2. The Morgan fingerprint density at radius 3 is 2.52 bits per heavy atom. The normalized spacial score (nSPS) is 17.0. The minimum absolute atomic E-state index is 0. The van der Waals surface area contributed by atoms with E-state index in [9.17, 15) is 5.11 Å². The number of nitrogens with zero attached hydrogens (tertiary/aromatic N) is 1. The summed E-state index contributed by atoms with van der Waals surface area (Å²) in [6.45, 7) is 11.1. The van der Waals surface area contributed by atoms with Crippen LogP contribution in [0, 0.1) is 0 Å². The fourth-order valence-electron chi connectivity index (χ4n) is 2.75. The van der Waals surface area contributed by atoms with Gasteiger partial charge >= 0.3 is 0 Å². The standard InChI is InChI=1S/C20H33N3O3.HI/c1-5-21-18(23-15-20(24)10-12-25-13-11-20)22-14-16-8-6-7-9-17(16)26-19(2,3)4;/h6-9,24H,5,10-15H2,1-4H3,(H2,21,22,23);1H. The van der Waals surface area contributed by atoms with E-state index in [2.05, 4.69) is 15.6 Å². The van der Waals surface area contributed by atoms with E-state index in [1.54, 1.807) is 0 Å². The minimum Gasteiger partial charge on any atom is -0.488 e. The lowest BCUT2D eigenvalue weighted by Crippen LogP contribution is -2.49. The molecule has 0 amide bonds. The molecule has 6 nitrogen and oxygen atoms in total. The first-order valence-electron chi connectivity index (χ1n) is 9.40. The lowest BCUT2D eigenvalue weighted by Gasteiger charge is -2.32. The van der Waals surface area contributed by atoms with Crippen molar-refractivity contribution >= 4 is 29.9 Å². The summed E-state index contributed by atoms with van der Waals surface area (Å²) in [7, 11) is 0. The van der Waals surface area contributed by atoms with E-state index in [0.717, 1.165) is 17.9 Å². The second kappa shape index (κ2) is 11.1. The zero-order valence-electron chi connectivity index (χ0n) is 16.9. The zero-order chi connectivity index (χ0) is 19.0. The number of aliphatic hydroxyl groups is 1. The van der Waals surface area contributed by atoms with Crippen LogP contribution in [0.15, 0.2) is 29.3 Å². The molecule has 7 heteroatoms. The molecule has 0 atom stereocenters. The van der Waals surface area contributed by atoms with Gasteiger partial charge in [0.05, 0.1) is 12.1 Å². The largest absolute Gasteiger partial charge is 0.488 e. The van der Waals surface area contributed by atoms with Crippen LogP contribution in [0.4, 0.5) is 0 Å². The maximum Gasteiger partial charge on any atom is 0.191 e. The number of hydrogen-bond donors (Lipinski definition) is 3. The second-order valence-corrected chi connectivity index (χ2v) is 7.71. The molecular formula is C20H34IN3O3. The Bertz CT molecular complexity index is 596. The van der Waals surface area contributed by atoms with Gasteiger partial charge in [-0.1, -0.05) is 18.2 Å². The van der Waals surface area contributed by atoms with E-state index in [4.69, 9.17) is 9.47 Å². The number of ether oxygens (including phenoxy) is 2. The Labute approximate surface area is 180 Å². The van der Waals surface area contributed by atoms with Crippen LogP contribution in [-0.2, 0) is 11.3 Å². The Morgan fingerprint density at radius 1 is 1.22 bits per heavy atom. The summed E-state index contributed by atoms with van der Waals surface area (Å²) in [6.07, 6.45) is 1.28. The molecule has 1 aliphatic rings. The molecular weight excluding hydrogens is 457 g/mol. The van der Waals surface area contributed by atoms with Gasteiger partial charge in [-0.2, -0.15) is 0 Å². The van der Waals surface area contributed by atoms with Crippen molar-refractivity contribution < 1.29 is 14.6 Å². The first-order valence-corrected chi connectivity index (χ1v) is 9.40. The smallest absolute Gasteiger partial charge is 0.191 e. The van der Waals surface area contributed by atoms with Crippen LogP contribution in [0.25, 0.3) is 0 Å². The molecule has 2 rings (SSSR count). The van der Waals surface area contributed by atoms with E-state index in [-0.39, 0.29) is 29.6 Å². The third kappa shape index (κ3) is 8.66. The molecule has 1 aliphatic heterocycles. The highest BCUT2D eigenvalue weighted by atomic mass is 127. The van der Waals surface area contributed by atoms with Crippen molar-refractivity contribution in [3.8, 4) is 5.75 Å². The van der Waals surface area contributed by atoms with Crippen LogP contribution >= 0.6 is 24.0 Å². The fourth-order valence-corrected chi connectivity index (χ4v) is 2.75. The van der Waals surface area contributed by atoms with Crippen LogP contribution in [0.1, 0.15) is 46.1 Å². The lowest BCUT2D eigenvalue weighted by molar-refractivity contribution is -0.0594. The van der Waals surface area contributed by atoms with E-state index < -0.39 is 5.60 Å². The Balaban J connectivity index is 0.00000364. The van der Waals surface area contributed by atoms with Crippen LogP contribution < -0.4 is 15.4 Å². The van der Waals surface area contributed by atoms with Gasteiger partial charge < -0.3 is 25.2 Å².